The van der Waals surface area contributed by atoms with Crippen LogP contribution in [0.15, 0.2) is 29.2 Å². The number of nitrogens with zero attached hydrogens (tertiary/aromatic N) is 1. The first kappa shape index (κ1) is 14.2. The number of sulfone groups is 1. The first-order valence-corrected chi connectivity index (χ1v) is 7.64. The van der Waals surface area contributed by atoms with Gasteiger partial charge in [0.2, 0.25) is 0 Å². The fourth-order valence-corrected chi connectivity index (χ4v) is 2.31. The number of benzene rings is 1. The van der Waals surface area contributed by atoms with Gasteiger partial charge in [-0.2, -0.15) is 0 Å². The van der Waals surface area contributed by atoms with Crippen molar-refractivity contribution in [2.75, 3.05) is 13.3 Å². The molecule has 0 aliphatic carbocycles. The Bertz CT molecular complexity index is 463. The Labute approximate surface area is 104 Å². The van der Waals surface area contributed by atoms with Crippen LogP contribution in [0.3, 0.4) is 0 Å². The Balaban J connectivity index is 2.96. The van der Waals surface area contributed by atoms with Gasteiger partial charge in [-0.15, -0.1) is 0 Å². The van der Waals surface area contributed by atoms with Crippen molar-refractivity contribution in [3.8, 4) is 0 Å². The molecule has 0 saturated heterocycles. The predicted molar refractivity (Wildman–Crippen MR) is 70.9 cm³/mol. The van der Waals surface area contributed by atoms with Gasteiger partial charge < -0.3 is 0 Å². The molecule has 0 saturated carbocycles. The lowest BCUT2D eigenvalue weighted by molar-refractivity contribution is 0.210. The SMILES string of the molecule is CC(C)N(C)C(C)c1ccc(S(C)(=O)=O)cc1. The molecule has 96 valence electrons. The van der Waals surface area contributed by atoms with Crippen LogP contribution in [0.1, 0.15) is 32.4 Å². The molecular weight excluding hydrogens is 234 g/mol. The van der Waals surface area contributed by atoms with Crippen LogP contribution in [0, 0.1) is 0 Å². The highest BCUT2D eigenvalue weighted by Gasteiger charge is 2.15. The summed E-state index contributed by atoms with van der Waals surface area (Å²) in [5.74, 6) is 0. The molecule has 0 aliphatic heterocycles. The fourth-order valence-electron chi connectivity index (χ4n) is 1.68. The van der Waals surface area contributed by atoms with Gasteiger partial charge in [-0.05, 0) is 45.5 Å². The first-order valence-electron chi connectivity index (χ1n) is 5.75. The van der Waals surface area contributed by atoms with Crippen molar-refractivity contribution in [3.63, 3.8) is 0 Å². The predicted octanol–water partition coefficient (Wildman–Crippen LogP) is 2.49. The van der Waals surface area contributed by atoms with E-state index in [1.165, 1.54) is 6.26 Å². The lowest BCUT2D eigenvalue weighted by Crippen LogP contribution is -2.29. The highest BCUT2D eigenvalue weighted by atomic mass is 32.2. The Morgan fingerprint density at radius 1 is 1.06 bits per heavy atom. The summed E-state index contributed by atoms with van der Waals surface area (Å²) in [6.45, 7) is 6.40. The smallest absolute Gasteiger partial charge is 0.175 e. The average molecular weight is 255 g/mol. The molecule has 1 unspecified atom stereocenters. The van der Waals surface area contributed by atoms with Gasteiger partial charge in [-0.1, -0.05) is 12.1 Å². The molecular formula is C13H21NO2S. The third kappa shape index (κ3) is 3.54. The Morgan fingerprint density at radius 2 is 1.53 bits per heavy atom. The molecule has 0 aliphatic rings. The first-order chi connectivity index (χ1) is 7.73. The van der Waals surface area contributed by atoms with Crippen LogP contribution in [0.2, 0.25) is 0 Å². The van der Waals surface area contributed by atoms with Gasteiger partial charge >= 0.3 is 0 Å². The molecule has 0 radical (unpaired) electrons. The molecule has 0 aromatic heterocycles. The van der Waals surface area contributed by atoms with Crippen molar-refractivity contribution < 1.29 is 8.42 Å². The molecule has 0 amide bonds. The van der Waals surface area contributed by atoms with Gasteiger partial charge in [0.25, 0.3) is 0 Å². The van der Waals surface area contributed by atoms with E-state index in [4.69, 9.17) is 0 Å². The molecule has 4 heteroatoms. The third-order valence-electron chi connectivity index (χ3n) is 3.22. The molecule has 3 nitrogen and oxygen atoms in total. The highest BCUT2D eigenvalue weighted by molar-refractivity contribution is 7.90. The van der Waals surface area contributed by atoms with Gasteiger partial charge in [-0.3, -0.25) is 4.90 Å². The monoisotopic (exact) mass is 255 g/mol. The molecule has 17 heavy (non-hydrogen) atoms. The summed E-state index contributed by atoms with van der Waals surface area (Å²) in [5, 5.41) is 0. The fraction of sp³-hybridized carbons (Fsp3) is 0.538. The minimum atomic E-state index is -3.10. The zero-order valence-electron chi connectivity index (χ0n) is 11.1. The van der Waals surface area contributed by atoms with Gasteiger partial charge in [0.15, 0.2) is 9.84 Å². The van der Waals surface area contributed by atoms with Crippen LogP contribution in [0.5, 0.6) is 0 Å². The van der Waals surface area contributed by atoms with Gasteiger partial charge in [-0.25, -0.2) is 8.42 Å². The van der Waals surface area contributed by atoms with Crippen LogP contribution in [-0.2, 0) is 9.84 Å². The maximum absolute atomic E-state index is 11.3. The summed E-state index contributed by atoms with van der Waals surface area (Å²) in [6, 6.07) is 7.87. The summed E-state index contributed by atoms with van der Waals surface area (Å²) in [6.07, 6.45) is 1.23. The lowest BCUT2D eigenvalue weighted by atomic mass is 10.1. The van der Waals surface area contributed by atoms with E-state index in [2.05, 4.69) is 32.7 Å². The van der Waals surface area contributed by atoms with Crippen molar-refractivity contribution in [2.45, 2.75) is 37.8 Å². The Kier molecular flexibility index (Phi) is 4.33. The van der Waals surface area contributed by atoms with E-state index in [9.17, 15) is 8.42 Å². The molecule has 1 aromatic rings. The molecule has 0 N–H and O–H groups in total. The quantitative estimate of drug-likeness (QED) is 0.829. The van der Waals surface area contributed by atoms with E-state index >= 15 is 0 Å². The van der Waals surface area contributed by atoms with E-state index in [-0.39, 0.29) is 6.04 Å². The second kappa shape index (κ2) is 5.19. The van der Waals surface area contributed by atoms with E-state index < -0.39 is 9.84 Å². The number of rotatable bonds is 4. The summed E-state index contributed by atoms with van der Waals surface area (Å²) in [4.78, 5) is 2.62. The number of hydrogen-bond donors (Lipinski definition) is 0. The largest absolute Gasteiger partial charge is 0.297 e. The minimum Gasteiger partial charge on any atom is -0.297 e. The molecule has 1 atom stereocenters. The number of hydrogen-bond acceptors (Lipinski definition) is 3. The molecule has 0 heterocycles. The second-order valence-electron chi connectivity index (χ2n) is 4.78. The van der Waals surface area contributed by atoms with Crippen LogP contribution < -0.4 is 0 Å². The molecule has 0 bridgehead atoms. The van der Waals surface area contributed by atoms with Crippen LogP contribution in [0.25, 0.3) is 0 Å². The van der Waals surface area contributed by atoms with Crippen molar-refractivity contribution in [3.05, 3.63) is 29.8 Å². The zero-order chi connectivity index (χ0) is 13.2. The topological polar surface area (TPSA) is 37.4 Å². The van der Waals surface area contributed by atoms with Crippen molar-refractivity contribution in [1.82, 2.24) is 4.90 Å². The van der Waals surface area contributed by atoms with Crippen LogP contribution in [-0.4, -0.2) is 32.7 Å². The zero-order valence-corrected chi connectivity index (χ0v) is 12.0. The van der Waals surface area contributed by atoms with E-state index in [0.717, 1.165) is 5.56 Å². The van der Waals surface area contributed by atoms with Crippen LogP contribution in [0.4, 0.5) is 0 Å². The normalized spacial score (nSPS) is 14.3. The van der Waals surface area contributed by atoms with Crippen molar-refractivity contribution in [2.24, 2.45) is 0 Å². The van der Waals surface area contributed by atoms with E-state index in [1.54, 1.807) is 12.1 Å². The summed E-state index contributed by atoms with van der Waals surface area (Å²) >= 11 is 0. The van der Waals surface area contributed by atoms with E-state index in [1.807, 2.05) is 12.1 Å². The molecule has 0 spiro atoms. The van der Waals surface area contributed by atoms with Gasteiger partial charge in [0, 0.05) is 18.3 Å². The highest BCUT2D eigenvalue weighted by Crippen LogP contribution is 2.22. The Morgan fingerprint density at radius 3 is 1.88 bits per heavy atom. The van der Waals surface area contributed by atoms with Gasteiger partial charge in [0.1, 0.15) is 0 Å². The minimum absolute atomic E-state index is 0.281. The van der Waals surface area contributed by atoms with Crippen molar-refractivity contribution in [1.29, 1.82) is 0 Å². The van der Waals surface area contributed by atoms with E-state index in [0.29, 0.717) is 10.9 Å². The Hall–Kier alpha value is -0.870. The summed E-state index contributed by atoms with van der Waals surface area (Å²) < 4.78 is 22.7. The molecule has 0 fully saturated rings. The van der Waals surface area contributed by atoms with Gasteiger partial charge in [0.05, 0.1) is 4.90 Å². The summed E-state index contributed by atoms with van der Waals surface area (Å²) in [5.41, 5.74) is 1.13. The molecule has 1 rings (SSSR count). The average Bonchev–Trinajstić information content (AvgIpc) is 2.26. The lowest BCUT2D eigenvalue weighted by Gasteiger charge is -2.28. The van der Waals surface area contributed by atoms with Crippen LogP contribution >= 0.6 is 0 Å². The van der Waals surface area contributed by atoms with Crippen molar-refractivity contribution >= 4 is 9.84 Å². The second-order valence-corrected chi connectivity index (χ2v) is 6.79. The third-order valence-corrected chi connectivity index (χ3v) is 4.34. The standard InChI is InChI=1S/C13H21NO2S/c1-10(2)14(4)11(3)12-6-8-13(9-7-12)17(5,15)16/h6-11H,1-5H3. The summed E-state index contributed by atoms with van der Waals surface area (Å²) in [7, 11) is -1.03. The molecule has 1 aromatic carbocycles. The maximum Gasteiger partial charge on any atom is 0.175 e. The maximum atomic E-state index is 11.3.